The van der Waals surface area contributed by atoms with E-state index < -0.39 is 17.6 Å². The van der Waals surface area contributed by atoms with Gasteiger partial charge in [-0.1, -0.05) is 0 Å². The highest BCUT2D eigenvalue weighted by Gasteiger charge is 2.27. The molecule has 0 bridgehead atoms. The van der Waals surface area contributed by atoms with Crippen molar-refractivity contribution in [1.82, 2.24) is 15.3 Å². The molecule has 11 heteroatoms. The molecular weight excluding hydrogens is 408 g/mol. The second kappa shape index (κ2) is 8.50. The van der Waals surface area contributed by atoms with Crippen molar-refractivity contribution in [2.45, 2.75) is 52.2 Å². The van der Waals surface area contributed by atoms with Gasteiger partial charge in [0.05, 0.1) is 17.7 Å². The van der Waals surface area contributed by atoms with Crippen LogP contribution in [0.2, 0.25) is 0 Å². The van der Waals surface area contributed by atoms with Crippen LogP contribution >= 0.6 is 11.3 Å². The Hall–Kier alpha value is -2.82. The Morgan fingerprint density at radius 3 is 2.50 bits per heavy atom. The molecule has 2 amide bonds. The van der Waals surface area contributed by atoms with Crippen molar-refractivity contribution in [3.8, 4) is 5.88 Å². The molecule has 164 valence electrons. The van der Waals surface area contributed by atoms with E-state index in [-0.39, 0.29) is 16.6 Å². The lowest BCUT2D eigenvalue weighted by Crippen LogP contribution is -2.46. The third kappa shape index (κ3) is 4.84. The van der Waals surface area contributed by atoms with Crippen molar-refractivity contribution in [2.75, 3.05) is 30.3 Å². The summed E-state index contributed by atoms with van der Waals surface area (Å²) in [6.07, 6.45) is 1.04. The van der Waals surface area contributed by atoms with Gasteiger partial charge in [-0.25, -0.2) is 9.78 Å². The first-order valence-corrected chi connectivity index (χ1v) is 10.7. The van der Waals surface area contributed by atoms with Crippen molar-refractivity contribution in [3.05, 3.63) is 4.88 Å². The fourth-order valence-corrected chi connectivity index (χ4v) is 4.18. The third-order valence-electron chi connectivity index (χ3n) is 4.55. The van der Waals surface area contributed by atoms with E-state index in [4.69, 9.17) is 20.9 Å². The molecule has 0 saturated carbocycles. The fraction of sp³-hybridized carbons (Fsp3) is 0.579. The van der Waals surface area contributed by atoms with Crippen LogP contribution in [0.4, 0.5) is 16.4 Å². The van der Waals surface area contributed by atoms with Gasteiger partial charge in [-0.05, 0) is 40.5 Å². The maximum Gasteiger partial charge on any atom is 0.407 e. The van der Waals surface area contributed by atoms with Gasteiger partial charge in [-0.3, -0.25) is 4.79 Å². The molecule has 0 aliphatic carbocycles. The summed E-state index contributed by atoms with van der Waals surface area (Å²) in [7, 11) is 0. The fourth-order valence-electron chi connectivity index (χ4n) is 3.24. The van der Waals surface area contributed by atoms with E-state index in [1.807, 2.05) is 32.6 Å². The smallest absolute Gasteiger partial charge is 0.407 e. The average Bonchev–Trinajstić information content (AvgIpc) is 2.98. The average molecular weight is 437 g/mol. The van der Waals surface area contributed by atoms with Gasteiger partial charge in [-0.2, -0.15) is 4.98 Å². The third-order valence-corrected chi connectivity index (χ3v) is 5.66. The lowest BCUT2D eigenvalue weighted by atomic mass is 10.1. The first-order chi connectivity index (χ1) is 14.1. The van der Waals surface area contributed by atoms with E-state index in [9.17, 15) is 9.59 Å². The molecule has 0 radical (unpaired) electrons. The molecule has 2 aromatic heterocycles. The highest BCUT2D eigenvalue weighted by atomic mass is 32.1. The number of amides is 2. The summed E-state index contributed by atoms with van der Waals surface area (Å²) in [5, 5.41) is 3.43. The van der Waals surface area contributed by atoms with Gasteiger partial charge in [0, 0.05) is 19.1 Å². The van der Waals surface area contributed by atoms with Gasteiger partial charge in [0.25, 0.3) is 5.91 Å². The minimum absolute atomic E-state index is 0.0186. The van der Waals surface area contributed by atoms with E-state index in [2.05, 4.69) is 15.3 Å². The van der Waals surface area contributed by atoms with Crippen LogP contribution in [-0.4, -0.2) is 53.3 Å². The summed E-state index contributed by atoms with van der Waals surface area (Å²) >= 11 is 1.13. The number of carbonyl (C=O) groups excluding carboxylic acids is 2. The first-order valence-electron chi connectivity index (χ1n) is 9.86. The van der Waals surface area contributed by atoms with Crippen LogP contribution in [0.25, 0.3) is 10.2 Å². The summed E-state index contributed by atoms with van der Waals surface area (Å²) in [5.74, 6) is 0.236. The number of aromatic nitrogens is 2. The predicted octanol–water partition coefficient (Wildman–Crippen LogP) is 2.26. The van der Waals surface area contributed by atoms with Gasteiger partial charge in [0.15, 0.2) is 0 Å². The first kappa shape index (κ1) is 21.9. The number of fused-ring (bicyclic) bond motifs is 1. The molecule has 0 spiro atoms. The van der Waals surface area contributed by atoms with E-state index >= 15 is 0 Å². The SMILES string of the molecule is CCOc1nc(N2CCC(NC(=O)OC(C)(C)C)CC2)nc2sc(C(N)=O)c(N)c12. The van der Waals surface area contributed by atoms with Gasteiger partial charge >= 0.3 is 6.09 Å². The summed E-state index contributed by atoms with van der Waals surface area (Å²) in [6, 6.07) is 0.0186. The van der Waals surface area contributed by atoms with Gasteiger partial charge in [-0.15, -0.1) is 11.3 Å². The maximum atomic E-state index is 12.0. The van der Waals surface area contributed by atoms with E-state index in [0.717, 1.165) is 24.2 Å². The molecule has 1 saturated heterocycles. The number of hydrogen-bond acceptors (Lipinski definition) is 9. The molecular formula is C19H28N6O4S. The number of piperidine rings is 1. The monoisotopic (exact) mass is 436 g/mol. The zero-order chi connectivity index (χ0) is 22.1. The van der Waals surface area contributed by atoms with Crippen LogP contribution in [0.5, 0.6) is 5.88 Å². The number of nitrogens with one attached hydrogen (secondary N) is 1. The lowest BCUT2D eigenvalue weighted by Gasteiger charge is -2.33. The maximum absolute atomic E-state index is 12.0. The molecule has 1 aliphatic rings. The van der Waals surface area contributed by atoms with Gasteiger partial charge in [0.1, 0.15) is 15.3 Å². The second-order valence-electron chi connectivity index (χ2n) is 8.06. The van der Waals surface area contributed by atoms with E-state index in [0.29, 0.717) is 41.7 Å². The number of nitrogens with zero attached hydrogens (tertiary/aromatic N) is 3. The Kier molecular flexibility index (Phi) is 6.20. The van der Waals surface area contributed by atoms with Crippen LogP contribution in [-0.2, 0) is 4.74 Å². The molecule has 1 fully saturated rings. The Labute approximate surface area is 178 Å². The number of ether oxygens (including phenoxy) is 2. The summed E-state index contributed by atoms with van der Waals surface area (Å²) in [4.78, 5) is 35.6. The number of rotatable bonds is 5. The number of nitrogens with two attached hydrogens (primary N) is 2. The molecule has 2 aromatic rings. The lowest BCUT2D eigenvalue weighted by molar-refractivity contribution is 0.0497. The standard InChI is InChI=1S/C19H28N6O4S/c1-5-28-15-11-12(20)13(14(21)26)30-16(11)24-17(23-15)25-8-6-10(7-9-25)22-18(27)29-19(2,3)4/h10H,5-9,20H2,1-4H3,(H2,21,26)(H,22,27). The quantitative estimate of drug-likeness (QED) is 0.647. The molecule has 0 atom stereocenters. The zero-order valence-corrected chi connectivity index (χ0v) is 18.5. The highest BCUT2D eigenvalue weighted by Crippen LogP contribution is 2.38. The number of carbonyl (C=O) groups is 2. The molecule has 3 heterocycles. The van der Waals surface area contributed by atoms with Crippen molar-refractivity contribution in [3.63, 3.8) is 0 Å². The minimum Gasteiger partial charge on any atom is -0.477 e. The molecule has 0 aromatic carbocycles. The van der Waals surface area contributed by atoms with Crippen LogP contribution in [0.15, 0.2) is 0 Å². The van der Waals surface area contributed by atoms with E-state index in [1.165, 1.54) is 0 Å². The minimum atomic E-state index is -0.603. The van der Waals surface area contributed by atoms with Gasteiger partial charge in [0.2, 0.25) is 11.8 Å². The van der Waals surface area contributed by atoms with Crippen molar-refractivity contribution < 1.29 is 19.1 Å². The van der Waals surface area contributed by atoms with Crippen LogP contribution in [0.3, 0.4) is 0 Å². The zero-order valence-electron chi connectivity index (χ0n) is 17.7. The predicted molar refractivity (Wildman–Crippen MR) is 116 cm³/mol. The highest BCUT2D eigenvalue weighted by molar-refractivity contribution is 7.21. The topological polar surface area (TPSA) is 146 Å². The van der Waals surface area contributed by atoms with Crippen molar-refractivity contribution in [1.29, 1.82) is 0 Å². The molecule has 10 nitrogen and oxygen atoms in total. The molecule has 30 heavy (non-hydrogen) atoms. The number of hydrogen-bond donors (Lipinski definition) is 3. The van der Waals surface area contributed by atoms with Crippen LogP contribution in [0, 0.1) is 0 Å². The summed E-state index contributed by atoms with van der Waals surface area (Å²) in [5.41, 5.74) is 11.2. The summed E-state index contributed by atoms with van der Waals surface area (Å²) < 4.78 is 11.0. The number of nitrogen functional groups attached to an aromatic ring is 1. The van der Waals surface area contributed by atoms with E-state index in [1.54, 1.807) is 0 Å². The van der Waals surface area contributed by atoms with Crippen molar-refractivity contribution in [2.24, 2.45) is 5.73 Å². The number of alkyl carbamates (subject to hydrolysis) is 1. The number of primary amides is 1. The van der Waals surface area contributed by atoms with Gasteiger partial charge < -0.3 is 31.2 Å². The largest absolute Gasteiger partial charge is 0.477 e. The normalized spacial score (nSPS) is 15.3. The Bertz CT molecular complexity index is 947. The van der Waals surface area contributed by atoms with Crippen LogP contribution in [0.1, 0.15) is 50.2 Å². The van der Waals surface area contributed by atoms with Crippen LogP contribution < -0.4 is 26.4 Å². The second-order valence-corrected chi connectivity index (χ2v) is 9.06. The van der Waals surface area contributed by atoms with Crippen molar-refractivity contribution >= 4 is 45.2 Å². The Balaban J connectivity index is 1.76. The Morgan fingerprint density at radius 1 is 1.27 bits per heavy atom. The Morgan fingerprint density at radius 2 is 1.93 bits per heavy atom. The molecule has 0 unspecified atom stereocenters. The number of anilines is 2. The summed E-state index contributed by atoms with van der Waals surface area (Å²) in [6.45, 7) is 9.05. The molecule has 1 aliphatic heterocycles. The molecule has 3 rings (SSSR count). The molecule has 5 N–H and O–H groups in total. The number of thiophene rings is 1.